The third-order valence-corrected chi connectivity index (χ3v) is 4.99. The average Bonchev–Trinajstić information content (AvgIpc) is 2.95. The second-order valence-corrected chi connectivity index (χ2v) is 7.04. The van der Waals surface area contributed by atoms with Gasteiger partial charge in [-0.2, -0.15) is 5.10 Å². The molecule has 2 heterocycles. The lowest BCUT2D eigenvalue weighted by molar-refractivity contribution is 0.151. The van der Waals surface area contributed by atoms with Crippen LogP contribution in [0.4, 0.5) is 25.1 Å². The van der Waals surface area contributed by atoms with Gasteiger partial charge in [0.15, 0.2) is 0 Å². The Morgan fingerprint density at radius 2 is 2.19 bits per heavy atom. The molecule has 6 nitrogen and oxygen atoms in total. The third-order valence-electron chi connectivity index (χ3n) is 4.57. The Kier molecular flexibility index (Phi) is 5.84. The number of piperidine rings is 1. The summed E-state index contributed by atoms with van der Waals surface area (Å²) >= 11 is 5.97. The van der Waals surface area contributed by atoms with Crippen LogP contribution in [-0.2, 0) is 7.05 Å². The number of benzene rings is 1. The van der Waals surface area contributed by atoms with Crippen LogP contribution < -0.4 is 15.5 Å². The number of alkyl halides is 2. The number of anilines is 2. The van der Waals surface area contributed by atoms with Crippen molar-refractivity contribution in [1.29, 1.82) is 0 Å². The number of nitrogens with zero attached hydrogens (tertiary/aromatic N) is 3. The minimum Gasteiger partial charge on any atom is -0.355 e. The summed E-state index contributed by atoms with van der Waals surface area (Å²) in [5.41, 5.74) is 0.806. The van der Waals surface area contributed by atoms with E-state index in [1.165, 1.54) is 18.2 Å². The smallest absolute Gasteiger partial charge is 0.319 e. The zero-order valence-electron chi connectivity index (χ0n) is 15.2. The molecule has 146 valence electrons. The Bertz CT molecular complexity index is 826. The van der Waals surface area contributed by atoms with Crippen molar-refractivity contribution in [3.63, 3.8) is 0 Å². The van der Waals surface area contributed by atoms with E-state index in [0.29, 0.717) is 6.54 Å². The Morgan fingerprint density at radius 1 is 1.41 bits per heavy atom. The van der Waals surface area contributed by atoms with Gasteiger partial charge in [0.1, 0.15) is 5.82 Å². The van der Waals surface area contributed by atoms with Crippen molar-refractivity contribution in [2.75, 3.05) is 23.3 Å². The third kappa shape index (κ3) is 4.50. The lowest BCUT2D eigenvalue weighted by atomic mass is 10.1. The van der Waals surface area contributed by atoms with Crippen molar-refractivity contribution < 1.29 is 13.6 Å². The first-order valence-corrected chi connectivity index (χ1v) is 9.12. The van der Waals surface area contributed by atoms with Gasteiger partial charge < -0.3 is 15.5 Å². The predicted octanol–water partition coefficient (Wildman–Crippen LogP) is 4.11. The van der Waals surface area contributed by atoms with Crippen LogP contribution in [0.2, 0.25) is 5.02 Å². The van der Waals surface area contributed by atoms with Crippen LogP contribution in [-0.4, -0.2) is 34.9 Å². The van der Waals surface area contributed by atoms with E-state index in [4.69, 9.17) is 11.6 Å². The molecule has 2 N–H and O–H groups in total. The van der Waals surface area contributed by atoms with Crippen LogP contribution in [0, 0.1) is 6.92 Å². The van der Waals surface area contributed by atoms with E-state index in [-0.39, 0.29) is 22.3 Å². The lowest BCUT2D eigenvalue weighted by Gasteiger charge is -2.34. The molecular weight excluding hydrogens is 376 g/mol. The molecule has 0 aliphatic carbocycles. The van der Waals surface area contributed by atoms with Crippen molar-refractivity contribution in [1.82, 2.24) is 15.1 Å². The summed E-state index contributed by atoms with van der Waals surface area (Å²) in [6.07, 6.45) is -0.931. The summed E-state index contributed by atoms with van der Waals surface area (Å²) in [5, 5.41) is 9.69. The predicted molar refractivity (Wildman–Crippen MR) is 102 cm³/mol. The highest BCUT2D eigenvalue weighted by atomic mass is 35.5. The van der Waals surface area contributed by atoms with E-state index in [1.807, 2.05) is 24.7 Å². The molecule has 0 saturated carbocycles. The first-order valence-electron chi connectivity index (χ1n) is 8.75. The molecule has 1 aromatic carbocycles. The number of urea groups is 1. The maximum Gasteiger partial charge on any atom is 0.319 e. The van der Waals surface area contributed by atoms with Crippen molar-refractivity contribution in [3.8, 4) is 0 Å². The molecule has 1 saturated heterocycles. The second kappa shape index (κ2) is 8.12. The van der Waals surface area contributed by atoms with Crippen LogP contribution in [0.3, 0.4) is 0 Å². The second-order valence-electron chi connectivity index (χ2n) is 6.66. The molecule has 0 spiro atoms. The molecule has 3 rings (SSSR count). The van der Waals surface area contributed by atoms with Crippen molar-refractivity contribution in [2.24, 2.45) is 7.05 Å². The van der Waals surface area contributed by atoms with Crippen molar-refractivity contribution in [3.05, 3.63) is 40.5 Å². The van der Waals surface area contributed by atoms with Crippen LogP contribution in [0.1, 0.15) is 30.5 Å². The van der Waals surface area contributed by atoms with Gasteiger partial charge in [0.05, 0.1) is 16.4 Å². The van der Waals surface area contributed by atoms with Crippen molar-refractivity contribution >= 4 is 29.1 Å². The molecule has 1 atom stereocenters. The van der Waals surface area contributed by atoms with Gasteiger partial charge in [-0.1, -0.05) is 23.7 Å². The summed E-state index contributed by atoms with van der Waals surface area (Å²) in [5.74, 6) is 1.01. The lowest BCUT2D eigenvalue weighted by Crippen LogP contribution is -2.49. The zero-order valence-corrected chi connectivity index (χ0v) is 15.9. The highest BCUT2D eigenvalue weighted by molar-refractivity contribution is 6.34. The molecule has 0 radical (unpaired) electrons. The summed E-state index contributed by atoms with van der Waals surface area (Å²) in [7, 11) is 1.89. The SMILES string of the molecule is Cc1cc(N2CCCC(NC(=O)Nc3cccc(C(F)F)c3Cl)C2)n(C)n1. The van der Waals surface area contributed by atoms with Crippen LogP contribution in [0.5, 0.6) is 0 Å². The maximum absolute atomic E-state index is 12.9. The van der Waals surface area contributed by atoms with Crippen molar-refractivity contribution in [2.45, 2.75) is 32.2 Å². The summed E-state index contributed by atoms with van der Waals surface area (Å²) in [4.78, 5) is 14.5. The van der Waals surface area contributed by atoms with E-state index < -0.39 is 12.5 Å². The quantitative estimate of drug-likeness (QED) is 0.816. The van der Waals surface area contributed by atoms with Gasteiger partial charge in [0, 0.05) is 37.8 Å². The molecule has 1 fully saturated rings. The number of carbonyl (C=O) groups excluding carboxylic acids is 1. The van der Waals surface area contributed by atoms with E-state index >= 15 is 0 Å². The minimum atomic E-state index is -2.70. The van der Waals surface area contributed by atoms with Gasteiger partial charge >= 0.3 is 6.03 Å². The number of amides is 2. The normalized spacial score (nSPS) is 17.3. The summed E-state index contributed by atoms with van der Waals surface area (Å²) < 4.78 is 27.7. The fourth-order valence-electron chi connectivity index (χ4n) is 3.35. The van der Waals surface area contributed by atoms with E-state index in [2.05, 4.69) is 20.6 Å². The highest BCUT2D eigenvalue weighted by Crippen LogP contribution is 2.32. The fourth-order valence-corrected chi connectivity index (χ4v) is 3.61. The fraction of sp³-hybridized carbons (Fsp3) is 0.444. The van der Waals surface area contributed by atoms with Gasteiger partial charge in [0.25, 0.3) is 6.43 Å². The largest absolute Gasteiger partial charge is 0.355 e. The molecule has 27 heavy (non-hydrogen) atoms. The highest BCUT2D eigenvalue weighted by Gasteiger charge is 2.24. The minimum absolute atomic E-state index is 0.0639. The number of aryl methyl sites for hydroxylation is 2. The van der Waals surface area contributed by atoms with Crippen LogP contribution in [0.15, 0.2) is 24.3 Å². The van der Waals surface area contributed by atoms with Gasteiger partial charge in [-0.3, -0.25) is 4.68 Å². The standard InChI is InChI=1S/C18H22ClF2N5O/c1-11-9-15(25(2)24-11)26-8-4-5-12(10-26)22-18(27)23-14-7-3-6-13(16(14)19)17(20)21/h3,6-7,9,12,17H,4-5,8,10H2,1-2H3,(H2,22,23,27). The first-order chi connectivity index (χ1) is 12.8. The number of hydrogen-bond acceptors (Lipinski definition) is 3. The number of carbonyl (C=O) groups is 1. The van der Waals surface area contributed by atoms with E-state index in [0.717, 1.165) is 30.9 Å². The van der Waals surface area contributed by atoms with E-state index in [9.17, 15) is 13.6 Å². The monoisotopic (exact) mass is 397 g/mol. The number of aromatic nitrogens is 2. The topological polar surface area (TPSA) is 62.2 Å². The maximum atomic E-state index is 12.9. The number of hydrogen-bond donors (Lipinski definition) is 2. The molecule has 0 bridgehead atoms. The Balaban J connectivity index is 1.63. The molecule has 2 aromatic rings. The van der Waals surface area contributed by atoms with Gasteiger partial charge in [-0.05, 0) is 25.8 Å². The van der Waals surface area contributed by atoms with Crippen LogP contribution >= 0.6 is 11.6 Å². The summed E-state index contributed by atoms with van der Waals surface area (Å²) in [6, 6.07) is 5.67. The molecule has 1 aliphatic rings. The number of rotatable bonds is 4. The molecule has 9 heteroatoms. The zero-order chi connectivity index (χ0) is 19.6. The van der Waals surface area contributed by atoms with Crippen LogP contribution in [0.25, 0.3) is 0 Å². The van der Waals surface area contributed by atoms with E-state index in [1.54, 1.807) is 0 Å². The van der Waals surface area contributed by atoms with Gasteiger partial charge in [0.2, 0.25) is 0 Å². The Hall–Kier alpha value is -2.35. The average molecular weight is 398 g/mol. The Labute approximate surface area is 161 Å². The first kappa shape index (κ1) is 19.4. The molecular formula is C18H22ClF2N5O. The molecule has 2 amide bonds. The van der Waals surface area contributed by atoms with Gasteiger partial charge in [-0.25, -0.2) is 13.6 Å². The molecule has 1 unspecified atom stereocenters. The Morgan fingerprint density at radius 3 is 2.85 bits per heavy atom. The molecule has 1 aromatic heterocycles. The number of nitrogens with one attached hydrogen (secondary N) is 2. The van der Waals surface area contributed by atoms with Gasteiger partial charge in [-0.15, -0.1) is 0 Å². The summed E-state index contributed by atoms with van der Waals surface area (Å²) in [6.45, 7) is 3.48. The number of halogens is 3. The molecule has 1 aliphatic heterocycles.